The van der Waals surface area contributed by atoms with Gasteiger partial charge >= 0.3 is 0 Å². The van der Waals surface area contributed by atoms with Gasteiger partial charge in [0.25, 0.3) is 0 Å². The molecule has 1 fully saturated rings. The van der Waals surface area contributed by atoms with Gasteiger partial charge in [-0.2, -0.15) is 0 Å². The molecule has 1 aromatic rings. The molecule has 0 spiro atoms. The molecule has 1 heterocycles. The van der Waals surface area contributed by atoms with E-state index in [0.717, 1.165) is 11.1 Å². The van der Waals surface area contributed by atoms with Gasteiger partial charge < -0.3 is 5.73 Å². The average Bonchev–Trinajstić information content (AvgIpc) is 2.59. The molecule has 3 nitrogen and oxygen atoms in total. The molecule has 2 rings (SSSR count). The SMILES string of the molecule is Cc1ccc(CC2(CN)CCS(=O)(=O)C2)c(Cl)c1. The lowest BCUT2D eigenvalue weighted by Crippen LogP contribution is -2.34. The molecule has 0 aromatic heterocycles. The van der Waals surface area contributed by atoms with Crippen LogP contribution in [-0.4, -0.2) is 26.5 Å². The second-order valence-electron chi connectivity index (χ2n) is 5.32. The maximum atomic E-state index is 11.6. The minimum atomic E-state index is -2.93. The highest BCUT2D eigenvalue weighted by atomic mass is 35.5. The van der Waals surface area contributed by atoms with Crippen LogP contribution in [0.15, 0.2) is 18.2 Å². The van der Waals surface area contributed by atoms with Crippen molar-refractivity contribution < 1.29 is 8.42 Å². The predicted octanol–water partition coefficient (Wildman–Crippen LogP) is 1.95. The van der Waals surface area contributed by atoms with Gasteiger partial charge in [0, 0.05) is 10.4 Å². The number of rotatable bonds is 3. The Labute approximate surface area is 113 Å². The Morgan fingerprint density at radius 3 is 2.67 bits per heavy atom. The molecule has 18 heavy (non-hydrogen) atoms. The molecule has 100 valence electrons. The Morgan fingerprint density at radius 2 is 2.17 bits per heavy atom. The maximum absolute atomic E-state index is 11.6. The number of benzene rings is 1. The van der Waals surface area contributed by atoms with Gasteiger partial charge in [-0.25, -0.2) is 8.42 Å². The standard InChI is InChI=1S/C13H18ClNO2S/c1-10-2-3-11(12(14)6-10)7-13(8-15)4-5-18(16,17)9-13/h2-3,6H,4-5,7-9,15H2,1H3. The van der Waals surface area contributed by atoms with Gasteiger partial charge in [0.1, 0.15) is 0 Å². The quantitative estimate of drug-likeness (QED) is 0.924. The van der Waals surface area contributed by atoms with Crippen LogP contribution < -0.4 is 5.73 Å². The summed E-state index contributed by atoms with van der Waals surface area (Å²) in [6.07, 6.45) is 1.28. The lowest BCUT2D eigenvalue weighted by atomic mass is 9.81. The van der Waals surface area contributed by atoms with Crippen LogP contribution in [0.25, 0.3) is 0 Å². The molecule has 0 bridgehead atoms. The monoisotopic (exact) mass is 287 g/mol. The molecular weight excluding hydrogens is 270 g/mol. The second-order valence-corrected chi connectivity index (χ2v) is 7.91. The summed E-state index contributed by atoms with van der Waals surface area (Å²) in [6.45, 7) is 2.37. The Bertz CT molecular complexity index is 556. The highest BCUT2D eigenvalue weighted by Crippen LogP contribution is 2.36. The van der Waals surface area contributed by atoms with Gasteiger partial charge in [-0.05, 0) is 43.5 Å². The van der Waals surface area contributed by atoms with Gasteiger partial charge in [-0.1, -0.05) is 23.7 Å². The molecular formula is C13H18ClNO2S. The summed E-state index contributed by atoms with van der Waals surface area (Å²) >= 11 is 6.21. The van der Waals surface area contributed by atoms with E-state index in [1.54, 1.807) is 0 Å². The molecule has 1 atom stereocenters. The number of hydrogen-bond acceptors (Lipinski definition) is 3. The molecule has 1 aliphatic heterocycles. The van der Waals surface area contributed by atoms with E-state index in [4.69, 9.17) is 17.3 Å². The van der Waals surface area contributed by atoms with E-state index in [0.29, 0.717) is 24.4 Å². The summed E-state index contributed by atoms with van der Waals surface area (Å²) in [5, 5.41) is 0.701. The largest absolute Gasteiger partial charge is 0.330 e. The molecule has 0 saturated carbocycles. The van der Waals surface area contributed by atoms with E-state index >= 15 is 0 Å². The molecule has 1 aromatic carbocycles. The molecule has 5 heteroatoms. The van der Waals surface area contributed by atoms with Crippen LogP contribution in [0.5, 0.6) is 0 Å². The van der Waals surface area contributed by atoms with Crippen LogP contribution >= 0.6 is 11.6 Å². The fraction of sp³-hybridized carbons (Fsp3) is 0.538. The summed E-state index contributed by atoms with van der Waals surface area (Å²) in [7, 11) is -2.93. The van der Waals surface area contributed by atoms with E-state index in [1.165, 1.54) is 0 Å². The number of sulfone groups is 1. The zero-order valence-electron chi connectivity index (χ0n) is 10.4. The molecule has 2 N–H and O–H groups in total. The van der Waals surface area contributed by atoms with Crippen molar-refractivity contribution >= 4 is 21.4 Å². The highest BCUT2D eigenvalue weighted by Gasteiger charge is 2.41. The van der Waals surface area contributed by atoms with Crippen LogP contribution in [-0.2, 0) is 16.3 Å². The molecule has 0 amide bonds. The first-order valence-electron chi connectivity index (χ1n) is 6.01. The van der Waals surface area contributed by atoms with Crippen molar-refractivity contribution in [3.05, 3.63) is 34.3 Å². The summed E-state index contributed by atoms with van der Waals surface area (Å²) in [6, 6.07) is 5.87. The van der Waals surface area contributed by atoms with Crippen LogP contribution in [0.3, 0.4) is 0 Å². The first-order chi connectivity index (χ1) is 8.36. The smallest absolute Gasteiger partial charge is 0.150 e. The van der Waals surface area contributed by atoms with Crippen molar-refractivity contribution in [1.29, 1.82) is 0 Å². The van der Waals surface area contributed by atoms with E-state index in [-0.39, 0.29) is 16.9 Å². The van der Waals surface area contributed by atoms with Crippen LogP contribution in [0.1, 0.15) is 17.5 Å². The Morgan fingerprint density at radius 1 is 1.44 bits per heavy atom. The average molecular weight is 288 g/mol. The van der Waals surface area contributed by atoms with E-state index in [1.807, 2.05) is 25.1 Å². The Kier molecular flexibility index (Phi) is 3.72. The molecule has 0 aliphatic carbocycles. The Balaban J connectivity index is 2.26. The zero-order chi connectivity index (χ0) is 13.4. The van der Waals surface area contributed by atoms with Crippen molar-refractivity contribution in [3.8, 4) is 0 Å². The van der Waals surface area contributed by atoms with Gasteiger partial charge in [0.15, 0.2) is 9.84 Å². The topological polar surface area (TPSA) is 60.2 Å². The van der Waals surface area contributed by atoms with Crippen LogP contribution in [0, 0.1) is 12.3 Å². The van der Waals surface area contributed by atoms with E-state index in [2.05, 4.69) is 0 Å². The fourth-order valence-corrected chi connectivity index (χ4v) is 5.04. The third kappa shape index (κ3) is 2.87. The summed E-state index contributed by atoms with van der Waals surface area (Å²) in [5.41, 5.74) is 7.57. The van der Waals surface area contributed by atoms with E-state index < -0.39 is 9.84 Å². The second kappa shape index (κ2) is 4.83. The minimum Gasteiger partial charge on any atom is -0.330 e. The van der Waals surface area contributed by atoms with Gasteiger partial charge in [-0.3, -0.25) is 0 Å². The lowest BCUT2D eigenvalue weighted by molar-refractivity contribution is 0.344. The van der Waals surface area contributed by atoms with Crippen molar-refractivity contribution in [2.24, 2.45) is 11.1 Å². The maximum Gasteiger partial charge on any atom is 0.150 e. The minimum absolute atomic E-state index is 0.181. The zero-order valence-corrected chi connectivity index (χ0v) is 12.0. The van der Waals surface area contributed by atoms with Crippen LogP contribution in [0.4, 0.5) is 0 Å². The molecule has 1 unspecified atom stereocenters. The summed E-state index contributed by atoms with van der Waals surface area (Å²) < 4.78 is 23.3. The van der Waals surface area contributed by atoms with Crippen molar-refractivity contribution in [2.75, 3.05) is 18.1 Å². The predicted molar refractivity (Wildman–Crippen MR) is 74.7 cm³/mol. The number of halogens is 1. The van der Waals surface area contributed by atoms with Gasteiger partial charge in [0.2, 0.25) is 0 Å². The number of nitrogens with two attached hydrogens (primary N) is 1. The number of hydrogen-bond donors (Lipinski definition) is 1. The number of aryl methyl sites for hydroxylation is 1. The van der Waals surface area contributed by atoms with Crippen LogP contribution in [0.2, 0.25) is 5.02 Å². The van der Waals surface area contributed by atoms with Gasteiger partial charge in [-0.15, -0.1) is 0 Å². The normalized spacial score (nSPS) is 26.4. The lowest BCUT2D eigenvalue weighted by Gasteiger charge is -2.26. The summed E-state index contributed by atoms with van der Waals surface area (Å²) in [5.74, 6) is 0.425. The Hall–Kier alpha value is -0.580. The first kappa shape index (κ1) is 13.8. The first-order valence-corrected chi connectivity index (χ1v) is 8.21. The third-order valence-electron chi connectivity index (χ3n) is 3.68. The van der Waals surface area contributed by atoms with Crippen molar-refractivity contribution in [3.63, 3.8) is 0 Å². The van der Waals surface area contributed by atoms with Crippen molar-refractivity contribution in [1.82, 2.24) is 0 Å². The highest BCUT2D eigenvalue weighted by molar-refractivity contribution is 7.91. The fourth-order valence-electron chi connectivity index (χ4n) is 2.56. The molecule has 1 saturated heterocycles. The van der Waals surface area contributed by atoms with Crippen molar-refractivity contribution in [2.45, 2.75) is 19.8 Å². The summed E-state index contributed by atoms with van der Waals surface area (Å²) in [4.78, 5) is 0. The third-order valence-corrected chi connectivity index (χ3v) is 5.91. The van der Waals surface area contributed by atoms with E-state index in [9.17, 15) is 8.42 Å². The van der Waals surface area contributed by atoms with Gasteiger partial charge in [0.05, 0.1) is 11.5 Å². The molecule has 0 radical (unpaired) electrons. The molecule has 1 aliphatic rings.